The minimum atomic E-state index is -0.937. The largest absolute Gasteiger partial charge is 0.486 e. The van der Waals surface area contributed by atoms with Crippen molar-refractivity contribution in [3.05, 3.63) is 47.8 Å². The van der Waals surface area contributed by atoms with Gasteiger partial charge in [0, 0.05) is 7.05 Å². The highest BCUT2D eigenvalue weighted by molar-refractivity contribution is 5.87. The summed E-state index contributed by atoms with van der Waals surface area (Å²) in [5.41, 5.74) is 1.08. The van der Waals surface area contributed by atoms with Crippen molar-refractivity contribution in [2.45, 2.75) is 6.61 Å². The lowest BCUT2D eigenvalue weighted by atomic mass is 10.1. The summed E-state index contributed by atoms with van der Waals surface area (Å²) in [4.78, 5) is 10.8. The Bertz CT molecular complexity index is 534. The Morgan fingerprint density at radius 1 is 1.53 bits per heavy atom. The Balaban J connectivity index is 2.04. The van der Waals surface area contributed by atoms with Crippen molar-refractivity contribution in [2.75, 3.05) is 0 Å². The molecular weight excluding hydrogens is 220 g/mol. The van der Waals surface area contributed by atoms with Crippen LogP contribution in [0.1, 0.15) is 15.9 Å². The monoisotopic (exact) mass is 232 g/mol. The minimum absolute atomic E-state index is 0.261. The normalized spacial score (nSPS) is 10.2. The minimum Gasteiger partial charge on any atom is -0.486 e. The van der Waals surface area contributed by atoms with Crippen molar-refractivity contribution in [1.82, 2.24) is 9.78 Å². The Hall–Kier alpha value is -2.30. The molecule has 0 unspecified atom stereocenters. The van der Waals surface area contributed by atoms with E-state index in [4.69, 9.17) is 9.84 Å². The molecule has 1 aromatic carbocycles. The predicted molar refractivity (Wildman–Crippen MR) is 60.9 cm³/mol. The van der Waals surface area contributed by atoms with E-state index in [1.807, 2.05) is 6.07 Å². The van der Waals surface area contributed by atoms with Crippen LogP contribution in [0.4, 0.5) is 0 Å². The van der Waals surface area contributed by atoms with Crippen molar-refractivity contribution < 1.29 is 14.6 Å². The molecule has 0 saturated heterocycles. The van der Waals surface area contributed by atoms with Gasteiger partial charge in [-0.2, -0.15) is 5.10 Å². The summed E-state index contributed by atoms with van der Waals surface area (Å²) >= 11 is 0. The lowest BCUT2D eigenvalue weighted by molar-refractivity contribution is 0.0696. The number of benzene rings is 1. The number of hydrogen-bond donors (Lipinski definition) is 1. The molecule has 88 valence electrons. The smallest absolute Gasteiger partial charge is 0.335 e. The van der Waals surface area contributed by atoms with E-state index < -0.39 is 5.97 Å². The van der Waals surface area contributed by atoms with E-state index in [-0.39, 0.29) is 5.56 Å². The first-order valence-corrected chi connectivity index (χ1v) is 5.09. The van der Waals surface area contributed by atoms with Crippen LogP contribution in [-0.2, 0) is 13.7 Å². The molecule has 1 aromatic heterocycles. The standard InChI is InChI=1S/C12H12N2O3/c1-14-7-11(6-13-14)17-8-9-3-2-4-10(5-9)12(15)16/h2-7H,8H2,1H3,(H,15,16). The number of aryl methyl sites for hydroxylation is 1. The molecule has 0 amide bonds. The highest BCUT2D eigenvalue weighted by Gasteiger charge is 2.04. The summed E-state index contributed by atoms with van der Waals surface area (Å²) in [6, 6.07) is 6.67. The number of rotatable bonds is 4. The van der Waals surface area contributed by atoms with Crippen LogP contribution in [0.3, 0.4) is 0 Å². The Morgan fingerprint density at radius 3 is 3.00 bits per heavy atom. The van der Waals surface area contributed by atoms with Gasteiger partial charge in [-0.3, -0.25) is 4.68 Å². The third-order valence-corrected chi connectivity index (χ3v) is 2.26. The number of nitrogens with zero attached hydrogens (tertiary/aromatic N) is 2. The lowest BCUT2D eigenvalue weighted by Crippen LogP contribution is -1.99. The molecule has 0 radical (unpaired) electrons. The summed E-state index contributed by atoms with van der Waals surface area (Å²) < 4.78 is 7.11. The molecule has 17 heavy (non-hydrogen) atoms. The molecule has 2 aromatic rings. The van der Waals surface area contributed by atoms with Crippen LogP contribution in [0.5, 0.6) is 5.75 Å². The maximum absolute atomic E-state index is 10.8. The van der Waals surface area contributed by atoms with Gasteiger partial charge in [-0.05, 0) is 17.7 Å². The van der Waals surface area contributed by atoms with E-state index in [9.17, 15) is 4.79 Å². The third kappa shape index (κ3) is 2.84. The number of aromatic carboxylic acids is 1. The molecule has 5 heteroatoms. The lowest BCUT2D eigenvalue weighted by Gasteiger charge is -2.04. The zero-order valence-electron chi connectivity index (χ0n) is 9.33. The molecule has 0 aliphatic carbocycles. The molecule has 2 rings (SSSR count). The highest BCUT2D eigenvalue weighted by atomic mass is 16.5. The van der Waals surface area contributed by atoms with Gasteiger partial charge in [0.05, 0.1) is 18.0 Å². The fourth-order valence-corrected chi connectivity index (χ4v) is 1.43. The fraction of sp³-hybridized carbons (Fsp3) is 0.167. The number of ether oxygens (including phenoxy) is 1. The SMILES string of the molecule is Cn1cc(OCc2cccc(C(=O)O)c2)cn1. The maximum atomic E-state index is 10.8. The van der Waals surface area contributed by atoms with Crippen LogP contribution >= 0.6 is 0 Å². The Morgan fingerprint density at radius 2 is 2.35 bits per heavy atom. The topological polar surface area (TPSA) is 64.3 Å². The number of carboxylic acids is 1. The van der Waals surface area contributed by atoms with Crippen LogP contribution in [0.25, 0.3) is 0 Å². The van der Waals surface area contributed by atoms with E-state index in [0.29, 0.717) is 12.4 Å². The van der Waals surface area contributed by atoms with Crippen LogP contribution in [0.2, 0.25) is 0 Å². The molecular formula is C12H12N2O3. The van der Waals surface area contributed by atoms with E-state index in [1.165, 1.54) is 0 Å². The van der Waals surface area contributed by atoms with Crippen molar-refractivity contribution in [3.63, 3.8) is 0 Å². The van der Waals surface area contributed by atoms with Gasteiger partial charge in [0.25, 0.3) is 0 Å². The average molecular weight is 232 g/mol. The summed E-state index contributed by atoms with van der Waals surface area (Å²) in [6.07, 6.45) is 3.36. The Kier molecular flexibility index (Phi) is 3.09. The van der Waals surface area contributed by atoms with Gasteiger partial charge < -0.3 is 9.84 Å². The molecule has 5 nitrogen and oxygen atoms in total. The van der Waals surface area contributed by atoms with Crippen molar-refractivity contribution in [2.24, 2.45) is 7.05 Å². The molecule has 0 atom stereocenters. The average Bonchev–Trinajstić information content (AvgIpc) is 2.73. The predicted octanol–water partition coefficient (Wildman–Crippen LogP) is 1.70. The summed E-state index contributed by atoms with van der Waals surface area (Å²) in [5.74, 6) is -0.276. The molecule has 0 bridgehead atoms. The first-order valence-electron chi connectivity index (χ1n) is 5.09. The summed E-state index contributed by atoms with van der Waals surface area (Å²) in [6.45, 7) is 0.326. The van der Waals surface area contributed by atoms with Crippen molar-refractivity contribution in [3.8, 4) is 5.75 Å². The number of aromatic nitrogens is 2. The van der Waals surface area contributed by atoms with Crippen LogP contribution in [0.15, 0.2) is 36.7 Å². The van der Waals surface area contributed by atoms with Crippen molar-refractivity contribution >= 4 is 5.97 Å². The van der Waals surface area contributed by atoms with E-state index in [0.717, 1.165) is 5.56 Å². The fourth-order valence-electron chi connectivity index (χ4n) is 1.43. The molecule has 0 spiro atoms. The van der Waals surface area contributed by atoms with Gasteiger partial charge in [0.1, 0.15) is 6.61 Å². The van der Waals surface area contributed by atoms with Crippen molar-refractivity contribution in [1.29, 1.82) is 0 Å². The second-order valence-corrected chi connectivity index (χ2v) is 3.64. The van der Waals surface area contributed by atoms with E-state index in [1.54, 1.807) is 42.3 Å². The van der Waals surface area contributed by atoms with Gasteiger partial charge in [0.2, 0.25) is 0 Å². The van der Waals surface area contributed by atoms with E-state index >= 15 is 0 Å². The molecule has 0 aliphatic heterocycles. The molecule has 1 heterocycles. The van der Waals surface area contributed by atoms with Crippen LogP contribution in [-0.4, -0.2) is 20.9 Å². The molecule has 0 saturated carbocycles. The zero-order valence-corrected chi connectivity index (χ0v) is 9.33. The van der Waals surface area contributed by atoms with Gasteiger partial charge in [-0.1, -0.05) is 12.1 Å². The van der Waals surface area contributed by atoms with Gasteiger partial charge in [-0.25, -0.2) is 4.79 Å². The van der Waals surface area contributed by atoms with Crippen LogP contribution < -0.4 is 4.74 Å². The van der Waals surface area contributed by atoms with Gasteiger partial charge >= 0.3 is 5.97 Å². The number of carbonyl (C=O) groups is 1. The first kappa shape index (κ1) is 11.2. The number of carboxylic acid groups (broad SMARTS) is 1. The molecule has 0 aliphatic rings. The second kappa shape index (κ2) is 4.69. The second-order valence-electron chi connectivity index (χ2n) is 3.64. The Labute approximate surface area is 98.3 Å². The summed E-state index contributed by atoms with van der Waals surface area (Å²) in [5, 5.41) is 12.8. The zero-order chi connectivity index (χ0) is 12.3. The van der Waals surface area contributed by atoms with Gasteiger partial charge in [0.15, 0.2) is 5.75 Å². The summed E-state index contributed by atoms with van der Waals surface area (Å²) in [7, 11) is 1.80. The first-order chi connectivity index (χ1) is 8.15. The maximum Gasteiger partial charge on any atom is 0.335 e. The van der Waals surface area contributed by atoms with E-state index in [2.05, 4.69) is 5.10 Å². The highest BCUT2D eigenvalue weighted by Crippen LogP contribution is 2.12. The van der Waals surface area contributed by atoms with Crippen LogP contribution in [0, 0.1) is 0 Å². The quantitative estimate of drug-likeness (QED) is 0.871. The third-order valence-electron chi connectivity index (χ3n) is 2.26. The van der Waals surface area contributed by atoms with Gasteiger partial charge in [-0.15, -0.1) is 0 Å². The molecule has 0 fully saturated rings. The number of hydrogen-bond acceptors (Lipinski definition) is 3. The molecule has 1 N–H and O–H groups in total.